The van der Waals surface area contributed by atoms with Gasteiger partial charge in [-0.2, -0.15) is 0 Å². The van der Waals surface area contributed by atoms with Gasteiger partial charge in [-0.1, -0.05) is 11.6 Å². The average Bonchev–Trinajstić information content (AvgIpc) is 2.70. The van der Waals surface area contributed by atoms with Gasteiger partial charge in [-0.15, -0.1) is 0 Å². The Morgan fingerprint density at radius 1 is 1.69 bits per heavy atom. The highest BCUT2D eigenvalue weighted by Gasteiger charge is 2.36. The van der Waals surface area contributed by atoms with Crippen molar-refractivity contribution in [2.75, 3.05) is 18.4 Å². The third-order valence-corrected chi connectivity index (χ3v) is 3.23. The summed E-state index contributed by atoms with van der Waals surface area (Å²) >= 11 is 5.88. The van der Waals surface area contributed by atoms with Crippen LogP contribution in [0, 0.1) is 5.41 Å². The molecule has 86 valence electrons. The molecule has 2 heterocycles. The third kappa shape index (κ3) is 2.18. The van der Waals surface area contributed by atoms with E-state index >= 15 is 0 Å². The highest BCUT2D eigenvalue weighted by molar-refractivity contribution is 6.32. The molecule has 0 radical (unpaired) electrons. The van der Waals surface area contributed by atoms with Gasteiger partial charge in [0.15, 0.2) is 5.15 Å². The Balaban J connectivity index is 2.10. The summed E-state index contributed by atoms with van der Waals surface area (Å²) < 4.78 is 0. The fourth-order valence-corrected chi connectivity index (χ4v) is 1.93. The van der Waals surface area contributed by atoms with Crippen molar-refractivity contribution in [3.05, 3.63) is 23.5 Å². The Morgan fingerprint density at radius 3 is 3.12 bits per heavy atom. The van der Waals surface area contributed by atoms with Gasteiger partial charge < -0.3 is 10.6 Å². The standard InChI is InChI=1S/C11H14ClN3O/c1-11(4-6-13-7-11)10(16)15-8-3-2-5-14-9(8)12/h2-3,5,13H,4,6-7H2,1H3,(H,15,16). The smallest absolute Gasteiger partial charge is 0.231 e. The predicted molar refractivity (Wildman–Crippen MR) is 63.5 cm³/mol. The monoisotopic (exact) mass is 239 g/mol. The minimum atomic E-state index is -0.348. The lowest BCUT2D eigenvalue weighted by Crippen LogP contribution is -2.35. The molecule has 0 saturated carbocycles. The number of carbonyl (C=O) groups excluding carboxylic acids is 1. The number of aromatic nitrogens is 1. The second-order valence-electron chi connectivity index (χ2n) is 4.28. The highest BCUT2D eigenvalue weighted by atomic mass is 35.5. The van der Waals surface area contributed by atoms with E-state index in [9.17, 15) is 4.79 Å². The largest absolute Gasteiger partial charge is 0.323 e. The van der Waals surface area contributed by atoms with E-state index in [0.29, 0.717) is 17.4 Å². The topological polar surface area (TPSA) is 54.0 Å². The Kier molecular flexibility index (Phi) is 3.12. The number of hydrogen-bond acceptors (Lipinski definition) is 3. The van der Waals surface area contributed by atoms with E-state index in [2.05, 4.69) is 15.6 Å². The Morgan fingerprint density at radius 2 is 2.50 bits per heavy atom. The van der Waals surface area contributed by atoms with Gasteiger partial charge in [0.05, 0.1) is 11.1 Å². The number of rotatable bonds is 2. The quantitative estimate of drug-likeness (QED) is 0.772. The van der Waals surface area contributed by atoms with Gasteiger partial charge in [0.2, 0.25) is 5.91 Å². The van der Waals surface area contributed by atoms with Crippen LogP contribution in [0.1, 0.15) is 13.3 Å². The highest BCUT2D eigenvalue weighted by Crippen LogP contribution is 2.27. The molecule has 1 fully saturated rings. The Hall–Kier alpha value is -1.13. The molecule has 1 aromatic rings. The molecule has 1 aromatic heterocycles. The van der Waals surface area contributed by atoms with Crippen LogP contribution >= 0.6 is 11.6 Å². The molecule has 2 N–H and O–H groups in total. The van der Waals surface area contributed by atoms with Gasteiger partial charge in [-0.25, -0.2) is 4.98 Å². The summed E-state index contributed by atoms with van der Waals surface area (Å²) in [5.74, 6) is -0.00704. The van der Waals surface area contributed by atoms with Crippen LogP contribution < -0.4 is 10.6 Å². The molecular weight excluding hydrogens is 226 g/mol. The molecule has 1 aliphatic heterocycles. The van der Waals surface area contributed by atoms with E-state index < -0.39 is 0 Å². The van der Waals surface area contributed by atoms with Crippen molar-refractivity contribution < 1.29 is 4.79 Å². The zero-order valence-corrected chi connectivity index (χ0v) is 9.84. The average molecular weight is 240 g/mol. The summed E-state index contributed by atoms with van der Waals surface area (Å²) in [5, 5.41) is 6.33. The predicted octanol–water partition coefficient (Wildman–Crippen LogP) is 1.67. The normalized spacial score (nSPS) is 24.4. The van der Waals surface area contributed by atoms with Crippen LogP contribution in [0.2, 0.25) is 5.15 Å². The van der Waals surface area contributed by atoms with Crippen LogP contribution in [0.4, 0.5) is 5.69 Å². The van der Waals surface area contributed by atoms with Crippen LogP contribution in [0.15, 0.2) is 18.3 Å². The minimum Gasteiger partial charge on any atom is -0.323 e. The fourth-order valence-electron chi connectivity index (χ4n) is 1.76. The van der Waals surface area contributed by atoms with Gasteiger partial charge in [0, 0.05) is 12.7 Å². The van der Waals surface area contributed by atoms with Crippen LogP contribution in [0.5, 0.6) is 0 Å². The first-order chi connectivity index (χ1) is 7.62. The summed E-state index contributed by atoms with van der Waals surface area (Å²) in [4.78, 5) is 16.0. The Bertz CT molecular complexity index is 402. The van der Waals surface area contributed by atoms with E-state index in [0.717, 1.165) is 13.0 Å². The molecular formula is C11H14ClN3O. The lowest BCUT2D eigenvalue weighted by atomic mass is 9.89. The number of nitrogens with zero attached hydrogens (tertiary/aromatic N) is 1. The van der Waals surface area contributed by atoms with Crippen molar-refractivity contribution in [2.24, 2.45) is 5.41 Å². The zero-order valence-electron chi connectivity index (χ0n) is 9.09. The first-order valence-electron chi connectivity index (χ1n) is 5.24. The van der Waals surface area contributed by atoms with E-state index in [1.807, 2.05) is 6.92 Å². The molecule has 0 spiro atoms. The lowest BCUT2D eigenvalue weighted by Gasteiger charge is -2.21. The second kappa shape index (κ2) is 4.39. The molecule has 2 rings (SSSR count). The summed E-state index contributed by atoms with van der Waals surface area (Å²) in [5.41, 5.74) is 0.224. The fraction of sp³-hybridized carbons (Fsp3) is 0.455. The van der Waals surface area contributed by atoms with Crippen molar-refractivity contribution in [3.63, 3.8) is 0 Å². The molecule has 0 aromatic carbocycles. The lowest BCUT2D eigenvalue weighted by molar-refractivity contribution is -0.123. The van der Waals surface area contributed by atoms with Gasteiger partial charge in [0.25, 0.3) is 0 Å². The molecule has 1 unspecified atom stereocenters. The van der Waals surface area contributed by atoms with Crippen molar-refractivity contribution in [3.8, 4) is 0 Å². The first kappa shape index (κ1) is 11.4. The number of anilines is 1. The van der Waals surface area contributed by atoms with Crippen LogP contribution in [-0.2, 0) is 4.79 Å². The number of halogens is 1. The molecule has 1 amide bonds. The van der Waals surface area contributed by atoms with Crippen molar-refractivity contribution in [1.82, 2.24) is 10.3 Å². The molecule has 1 saturated heterocycles. The van der Waals surface area contributed by atoms with Crippen LogP contribution in [0.3, 0.4) is 0 Å². The minimum absolute atomic E-state index is 0.00704. The first-order valence-corrected chi connectivity index (χ1v) is 5.62. The molecule has 0 aliphatic carbocycles. The number of carbonyl (C=O) groups is 1. The van der Waals surface area contributed by atoms with E-state index in [4.69, 9.17) is 11.6 Å². The third-order valence-electron chi connectivity index (χ3n) is 2.92. The molecule has 5 heteroatoms. The molecule has 0 bridgehead atoms. The maximum atomic E-state index is 12.1. The van der Waals surface area contributed by atoms with Crippen molar-refractivity contribution in [2.45, 2.75) is 13.3 Å². The SMILES string of the molecule is CC1(C(=O)Nc2cccnc2Cl)CCNC1. The van der Waals surface area contributed by atoms with Gasteiger partial charge in [-0.3, -0.25) is 4.79 Å². The van der Waals surface area contributed by atoms with E-state index in [1.54, 1.807) is 18.3 Å². The van der Waals surface area contributed by atoms with E-state index in [-0.39, 0.29) is 11.3 Å². The molecule has 16 heavy (non-hydrogen) atoms. The van der Waals surface area contributed by atoms with Gasteiger partial charge >= 0.3 is 0 Å². The second-order valence-corrected chi connectivity index (χ2v) is 4.64. The molecule has 4 nitrogen and oxygen atoms in total. The number of nitrogens with one attached hydrogen (secondary N) is 2. The summed E-state index contributed by atoms with van der Waals surface area (Å²) in [6.45, 7) is 3.54. The number of pyridine rings is 1. The van der Waals surface area contributed by atoms with Crippen molar-refractivity contribution in [1.29, 1.82) is 0 Å². The van der Waals surface area contributed by atoms with Gasteiger partial charge in [0.1, 0.15) is 0 Å². The summed E-state index contributed by atoms with van der Waals surface area (Å²) in [7, 11) is 0. The Labute approximate surface area is 99.4 Å². The van der Waals surface area contributed by atoms with E-state index in [1.165, 1.54) is 0 Å². The number of hydrogen-bond donors (Lipinski definition) is 2. The van der Waals surface area contributed by atoms with Crippen molar-refractivity contribution >= 4 is 23.2 Å². The number of amides is 1. The van der Waals surface area contributed by atoms with Crippen LogP contribution in [-0.4, -0.2) is 24.0 Å². The van der Waals surface area contributed by atoms with Crippen LogP contribution in [0.25, 0.3) is 0 Å². The zero-order chi connectivity index (χ0) is 11.6. The summed E-state index contributed by atoms with van der Waals surface area (Å²) in [6.07, 6.45) is 2.44. The van der Waals surface area contributed by atoms with Gasteiger partial charge in [-0.05, 0) is 32.0 Å². The molecule has 1 aliphatic rings. The summed E-state index contributed by atoms with van der Waals surface area (Å²) in [6, 6.07) is 3.50. The molecule has 1 atom stereocenters. The maximum absolute atomic E-state index is 12.1. The maximum Gasteiger partial charge on any atom is 0.231 e.